The molecular weight excluding hydrogens is 440 g/mol. The molecule has 7 heteroatoms. The monoisotopic (exact) mass is 470 g/mol. The van der Waals surface area contributed by atoms with E-state index in [1.54, 1.807) is 26.6 Å². The predicted molar refractivity (Wildman–Crippen MR) is 137 cm³/mol. The van der Waals surface area contributed by atoms with Crippen LogP contribution in [0.5, 0.6) is 11.5 Å². The third kappa shape index (κ3) is 4.80. The molecule has 2 unspecified atom stereocenters. The minimum Gasteiger partial charge on any atom is -0.497 e. The second kappa shape index (κ2) is 10.1. The maximum Gasteiger partial charge on any atom is 0.250 e. The molecule has 1 amide bonds. The smallest absolute Gasteiger partial charge is 0.250 e. The largest absolute Gasteiger partial charge is 0.497 e. The van der Waals surface area contributed by atoms with Crippen molar-refractivity contribution in [3.8, 4) is 11.5 Å². The van der Waals surface area contributed by atoms with E-state index in [0.717, 1.165) is 47.1 Å². The third-order valence-corrected chi connectivity index (χ3v) is 6.62. The van der Waals surface area contributed by atoms with E-state index in [-0.39, 0.29) is 11.9 Å². The fraction of sp³-hybridized carbons (Fsp3) is 0.286. The van der Waals surface area contributed by atoms with Gasteiger partial charge in [0.05, 0.1) is 20.3 Å². The standard InChI is InChI=1S/C28H30N4O3/c1-34-22-15-21(16-23(17-22)35-2)30-27(20-9-7-12-29-18-20)28(33)32-13-6-5-11-26(32)25-14-19-8-3-4-10-24(19)31-25/h3-4,7-10,12,14-18,26-27,30-31H,5-6,11,13H2,1-2H3. The molecule has 2 aromatic heterocycles. The summed E-state index contributed by atoms with van der Waals surface area (Å²) in [6, 6.07) is 19.1. The van der Waals surface area contributed by atoms with Gasteiger partial charge in [0.25, 0.3) is 0 Å². The molecule has 35 heavy (non-hydrogen) atoms. The molecule has 0 aliphatic carbocycles. The van der Waals surface area contributed by atoms with Gasteiger partial charge in [-0.2, -0.15) is 0 Å². The molecule has 5 rings (SSSR count). The molecule has 0 bridgehead atoms. The van der Waals surface area contributed by atoms with Crippen LogP contribution in [0.4, 0.5) is 5.69 Å². The number of amides is 1. The van der Waals surface area contributed by atoms with Gasteiger partial charge < -0.3 is 24.7 Å². The van der Waals surface area contributed by atoms with Crippen LogP contribution in [0, 0.1) is 0 Å². The molecule has 0 spiro atoms. The summed E-state index contributed by atoms with van der Waals surface area (Å²) in [5.74, 6) is 1.32. The number of rotatable bonds is 7. The lowest BCUT2D eigenvalue weighted by Gasteiger charge is -2.38. The lowest BCUT2D eigenvalue weighted by Crippen LogP contribution is -2.43. The summed E-state index contributed by atoms with van der Waals surface area (Å²) in [7, 11) is 3.22. The highest BCUT2D eigenvalue weighted by Gasteiger charge is 2.34. The van der Waals surface area contributed by atoms with E-state index in [0.29, 0.717) is 18.0 Å². The van der Waals surface area contributed by atoms with E-state index >= 15 is 0 Å². The summed E-state index contributed by atoms with van der Waals surface area (Å²) in [6.45, 7) is 0.707. The molecule has 2 aromatic carbocycles. The lowest BCUT2D eigenvalue weighted by molar-refractivity contribution is -0.136. The Hall–Kier alpha value is -4.00. The van der Waals surface area contributed by atoms with Gasteiger partial charge in [-0.15, -0.1) is 0 Å². The molecule has 1 fully saturated rings. The van der Waals surface area contributed by atoms with Gasteiger partial charge in [-0.3, -0.25) is 9.78 Å². The fourth-order valence-electron chi connectivity index (χ4n) is 4.85. The lowest BCUT2D eigenvalue weighted by atomic mass is 9.96. The number of aromatic nitrogens is 2. The van der Waals surface area contributed by atoms with Crippen molar-refractivity contribution in [2.45, 2.75) is 31.3 Å². The first-order valence-corrected chi connectivity index (χ1v) is 11.9. The number of aromatic amines is 1. The predicted octanol–water partition coefficient (Wildman–Crippen LogP) is 5.49. The number of nitrogens with one attached hydrogen (secondary N) is 2. The van der Waals surface area contributed by atoms with Crippen molar-refractivity contribution >= 4 is 22.5 Å². The number of hydrogen-bond acceptors (Lipinski definition) is 5. The number of fused-ring (bicyclic) bond motifs is 1. The van der Waals surface area contributed by atoms with E-state index < -0.39 is 6.04 Å². The van der Waals surface area contributed by atoms with E-state index in [1.165, 1.54) is 0 Å². The quantitative estimate of drug-likeness (QED) is 0.374. The summed E-state index contributed by atoms with van der Waals surface area (Å²) in [4.78, 5) is 24.0. The Morgan fingerprint density at radius 3 is 2.57 bits per heavy atom. The average molecular weight is 471 g/mol. The van der Waals surface area contributed by atoms with Gasteiger partial charge in [-0.25, -0.2) is 0 Å². The second-order valence-electron chi connectivity index (χ2n) is 8.82. The maximum absolute atomic E-state index is 14.2. The number of anilines is 1. The van der Waals surface area contributed by atoms with E-state index in [9.17, 15) is 4.79 Å². The van der Waals surface area contributed by atoms with E-state index in [1.807, 2.05) is 47.4 Å². The number of H-pyrrole nitrogens is 1. The zero-order valence-electron chi connectivity index (χ0n) is 20.0. The van der Waals surface area contributed by atoms with Crippen molar-refractivity contribution in [3.63, 3.8) is 0 Å². The van der Waals surface area contributed by atoms with Crippen molar-refractivity contribution in [2.24, 2.45) is 0 Å². The van der Waals surface area contributed by atoms with Crippen LogP contribution in [0.2, 0.25) is 0 Å². The summed E-state index contributed by atoms with van der Waals surface area (Å²) in [5.41, 5.74) is 3.71. The van der Waals surface area contributed by atoms with Gasteiger partial charge in [-0.1, -0.05) is 24.3 Å². The second-order valence-corrected chi connectivity index (χ2v) is 8.82. The van der Waals surface area contributed by atoms with Crippen LogP contribution < -0.4 is 14.8 Å². The van der Waals surface area contributed by atoms with Crippen LogP contribution in [0.25, 0.3) is 10.9 Å². The highest BCUT2D eigenvalue weighted by atomic mass is 16.5. The number of ether oxygens (including phenoxy) is 2. The fourth-order valence-corrected chi connectivity index (χ4v) is 4.85. The SMILES string of the molecule is COc1cc(NC(C(=O)N2CCCCC2c2cc3ccccc3[nH]2)c2cccnc2)cc(OC)c1. The molecule has 0 saturated carbocycles. The molecule has 2 atom stereocenters. The third-order valence-electron chi connectivity index (χ3n) is 6.62. The van der Waals surface area contributed by atoms with E-state index in [2.05, 4.69) is 33.5 Å². The number of methoxy groups -OCH3 is 2. The number of likely N-dealkylation sites (tertiary alicyclic amines) is 1. The van der Waals surface area contributed by atoms with Crippen molar-refractivity contribution < 1.29 is 14.3 Å². The van der Waals surface area contributed by atoms with E-state index in [4.69, 9.17) is 9.47 Å². The van der Waals surface area contributed by atoms with Crippen molar-refractivity contribution in [3.05, 3.63) is 84.3 Å². The number of pyridine rings is 1. The van der Waals surface area contributed by atoms with Crippen LogP contribution in [0.15, 0.2) is 73.1 Å². The van der Waals surface area contributed by atoms with Gasteiger partial charge in [0.1, 0.15) is 17.5 Å². The molecule has 180 valence electrons. The molecule has 1 aliphatic rings. The summed E-state index contributed by atoms with van der Waals surface area (Å²) < 4.78 is 10.9. The average Bonchev–Trinajstić information content (AvgIpc) is 3.36. The van der Waals surface area contributed by atoms with Crippen molar-refractivity contribution in [2.75, 3.05) is 26.1 Å². The Morgan fingerprint density at radius 1 is 1.06 bits per heavy atom. The number of hydrogen-bond donors (Lipinski definition) is 2. The highest BCUT2D eigenvalue weighted by Crippen LogP contribution is 2.36. The highest BCUT2D eigenvalue weighted by molar-refractivity contribution is 5.87. The Bertz CT molecular complexity index is 1250. The first-order valence-electron chi connectivity index (χ1n) is 11.9. The number of carbonyl (C=O) groups excluding carboxylic acids is 1. The maximum atomic E-state index is 14.2. The van der Waals surface area contributed by atoms with Crippen LogP contribution in [-0.2, 0) is 4.79 Å². The number of piperidine rings is 1. The topological polar surface area (TPSA) is 79.5 Å². The minimum atomic E-state index is -0.606. The van der Waals surface area contributed by atoms with Gasteiger partial charge in [0.2, 0.25) is 5.91 Å². The van der Waals surface area contributed by atoms with Crippen molar-refractivity contribution in [1.29, 1.82) is 0 Å². The van der Waals surface area contributed by atoms with Gasteiger partial charge in [-0.05, 0) is 42.8 Å². The molecule has 1 saturated heterocycles. The number of nitrogens with zero attached hydrogens (tertiary/aromatic N) is 2. The van der Waals surface area contributed by atoms with Crippen LogP contribution >= 0.6 is 0 Å². The molecule has 3 heterocycles. The molecular formula is C28H30N4O3. The minimum absolute atomic E-state index is 0.00975. The normalized spacial score (nSPS) is 16.6. The first-order chi connectivity index (χ1) is 17.2. The Kier molecular flexibility index (Phi) is 6.57. The van der Waals surface area contributed by atoms with Gasteiger partial charge >= 0.3 is 0 Å². The Balaban J connectivity index is 1.50. The number of carbonyl (C=O) groups is 1. The zero-order chi connectivity index (χ0) is 24.2. The summed E-state index contributed by atoms with van der Waals surface area (Å²) in [6.07, 6.45) is 6.45. The Labute approximate surface area is 205 Å². The molecule has 7 nitrogen and oxygen atoms in total. The van der Waals surface area contributed by atoms with Gasteiger partial charge in [0.15, 0.2) is 0 Å². The number of benzene rings is 2. The first kappa shape index (κ1) is 22.8. The zero-order valence-corrected chi connectivity index (χ0v) is 20.0. The van der Waals surface area contributed by atoms with Crippen LogP contribution in [-0.4, -0.2) is 41.5 Å². The summed E-state index contributed by atoms with van der Waals surface area (Å²) >= 11 is 0. The number of para-hydroxylation sites is 1. The van der Waals surface area contributed by atoms with Crippen LogP contribution in [0.1, 0.15) is 42.6 Å². The Morgan fingerprint density at radius 2 is 1.86 bits per heavy atom. The van der Waals surface area contributed by atoms with Crippen molar-refractivity contribution in [1.82, 2.24) is 14.9 Å². The van der Waals surface area contributed by atoms with Gasteiger partial charge in [0, 0.05) is 59.6 Å². The molecule has 4 aromatic rings. The summed E-state index contributed by atoms with van der Waals surface area (Å²) in [5, 5.41) is 4.60. The molecule has 1 aliphatic heterocycles. The van der Waals surface area contributed by atoms with Crippen LogP contribution in [0.3, 0.4) is 0 Å². The molecule has 2 N–H and O–H groups in total. The molecule has 0 radical (unpaired) electrons.